The van der Waals surface area contributed by atoms with Crippen LogP contribution in [0.3, 0.4) is 0 Å². The van der Waals surface area contributed by atoms with E-state index in [0.29, 0.717) is 6.42 Å². The first-order chi connectivity index (χ1) is 12.4. The number of nitrogens with two attached hydrogens (primary N) is 1. The van der Waals surface area contributed by atoms with Gasteiger partial charge in [-0.05, 0) is 24.2 Å². The van der Waals surface area contributed by atoms with Gasteiger partial charge in [-0.15, -0.1) is 0 Å². The number of amides is 3. The Morgan fingerprint density at radius 3 is 1.70 bits per heavy atom. The van der Waals surface area contributed by atoms with Gasteiger partial charge in [-0.25, -0.2) is 4.79 Å². The van der Waals surface area contributed by atoms with Gasteiger partial charge in [0.15, 0.2) is 0 Å². The first-order valence-electron chi connectivity index (χ1n) is 9.23. The molecule has 0 aromatic carbocycles. The number of nitrogens with one attached hydrogen (secondary N) is 3. The zero-order valence-electron chi connectivity index (χ0n) is 17.0. The third-order valence-electron chi connectivity index (χ3n) is 4.02. The standard InChI is InChI=1S/C18H34N4O5/c1-9(2)7-12(16(24)22-15(11(5)6)18(26)27)20-17(25)14(10(3)4)21-13(23)8-19/h9-12,14-15H,7-8,19H2,1-6H3,(H,20,25)(H,21,23)(H,22,24)(H,26,27). The first-order valence-corrected chi connectivity index (χ1v) is 9.23. The van der Waals surface area contributed by atoms with E-state index in [2.05, 4.69) is 16.0 Å². The fourth-order valence-electron chi connectivity index (χ4n) is 2.50. The zero-order valence-corrected chi connectivity index (χ0v) is 17.0. The van der Waals surface area contributed by atoms with Crippen molar-refractivity contribution in [3.8, 4) is 0 Å². The molecule has 0 aliphatic rings. The summed E-state index contributed by atoms with van der Waals surface area (Å²) in [7, 11) is 0. The lowest BCUT2D eigenvalue weighted by Gasteiger charge is -2.27. The second kappa shape index (κ2) is 11.5. The largest absolute Gasteiger partial charge is 0.480 e. The van der Waals surface area contributed by atoms with Crippen molar-refractivity contribution < 1.29 is 24.3 Å². The van der Waals surface area contributed by atoms with Crippen LogP contribution in [0.25, 0.3) is 0 Å². The highest BCUT2D eigenvalue weighted by Crippen LogP contribution is 2.10. The van der Waals surface area contributed by atoms with Gasteiger partial charge in [0.05, 0.1) is 6.54 Å². The first kappa shape index (κ1) is 24.8. The lowest BCUT2D eigenvalue weighted by atomic mass is 9.98. The molecule has 0 aromatic rings. The molecular formula is C18H34N4O5. The molecule has 0 saturated carbocycles. The number of carboxylic acid groups (broad SMARTS) is 1. The summed E-state index contributed by atoms with van der Waals surface area (Å²) in [5.74, 6) is -3.13. The van der Waals surface area contributed by atoms with Crippen molar-refractivity contribution in [2.45, 2.75) is 66.1 Å². The van der Waals surface area contributed by atoms with Crippen LogP contribution in [0, 0.1) is 17.8 Å². The Morgan fingerprint density at radius 1 is 0.815 bits per heavy atom. The number of rotatable bonds is 11. The molecular weight excluding hydrogens is 352 g/mol. The van der Waals surface area contributed by atoms with Crippen molar-refractivity contribution in [2.75, 3.05) is 6.54 Å². The highest BCUT2D eigenvalue weighted by molar-refractivity contribution is 5.93. The highest BCUT2D eigenvalue weighted by Gasteiger charge is 2.31. The minimum absolute atomic E-state index is 0.0829. The summed E-state index contributed by atoms with van der Waals surface area (Å²) in [6.07, 6.45) is 0.331. The topological polar surface area (TPSA) is 151 Å². The minimum Gasteiger partial charge on any atom is -0.480 e. The Bertz CT molecular complexity index is 534. The molecule has 9 heteroatoms. The molecule has 3 amide bonds. The second-order valence-electron chi connectivity index (χ2n) is 7.75. The van der Waals surface area contributed by atoms with Crippen LogP contribution in [0.4, 0.5) is 0 Å². The van der Waals surface area contributed by atoms with Gasteiger partial charge < -0.3 is 26.8 Å². The predicted molar refractivity (Wildman–Crippen MR) is 102 cm³/mol. The van der Waals surface area contributed by atoms with Crippen LogP contribution in [0.5, 0.6) is 0 Å². The number of carbonyl (C=O) groups excluding carboxylic acids is 3. The van der Waals surface area contributed by atoms with E-state index in [1.807, 2.05) is 13.8 Å². The van der Waals surface area contributed by atoms with Crippen molar-refractivity contribution in [3.05, 3.63) is 0 Å². The maximum atomic E-state index is 12.6. The number of aliphatic carboxylic acids is 1. The molecule has 3 unspecified atom stereocenters. The van der Waals surface area contributed by atoms with Gasteiger partial charge >= 0.3 is 5.97 Å². The molecule has 0 aromatic heterocycles. The van der Waals surface area contributed by atoms with E-state index < -0.39 is 41.8 Å². The van der Waals surface area contributed by atoms with E-state index >= 15 is 0 Å². The highest BCUT2D eigenvalue weighted by atomic mass is 16.4. The maximum absolute atomic E-state index is 12.6. The Balaban J connectivity index is 5.32. The Hall–Kier alpha value is -2.16. The van der Waals surface area contributed by atoms with Gasteiger partial charge in [0.2, 0.25) is 17.7 Å². The number of carbonyl (C=O) groups is 4. The zero-order chi connectivity index (χ0) is 21.3. The number of hydrogen-bond donors (Lipinski definition) is 5. The molecule has 0 bridgehead atoms. The van der Waals surface area contributed by atoms with Crippen LogP contribution in [-0.4, -0.2) is 53.5 Å². The molecule has 0 saturated heterocycles. The number of carboxylic acids is 1. The Morgan fingerprint density at radius 2 is 1.33 bits per heavy atom. The smallest absolute Gasteiger partial charge is 0.326 e. The van der Waals surface area contributed by atoms with Crippen LogP contribution in [0.1, 0.15) is 48.0 Å². The van der Waals surface area contributed by atoms with Crippen molar-refractivity contribution in [3.63, 3.8) is 0 Å². The fraction of sp³-hybridized carbons (Fsp3) is 0.778. The Kier molecular flexibility index (Phi) is 10.6. The summed E-state index contributed by atoms with van der Waals surface area (Å²) in [6, 6.07) is -2.81. The van der Waals surface area contributed by atoms with Crippen LogP contribution in [0.2, 0.25) is 0 Å². The molecule has 9 nitrogen and oxygen atoms in total. The molecule has 0 heterocycles. The third-order valence-corrected chi connectivity index (χ3v) is 4.02. The van der Waals surface area contributed by atoms with Gasteiger partial charge in [0.1, 0.15) is 18.1 Å². The van der Waals surface area contributed by atoms with Gasteiger partial charge in [0.25, 0.3) is 0 Å². The molecule has 0 spiro atoms. The van der Waals surface area contributed by atoms with Gasteiger partial charge in [-0.1, -0.05) is 41.5 Å². The quantitative estimate of drug-likeness (QED) is 0.333. The summed E-state index contributed by atoms with van der Waals surface area (Å²) in [5, 5.41) is 16.9. The SMILES string of the molecule is CC(C)CC(NC(=O)C(NC(=O)CN)C(C)C)C(=O)NC(C(=O)O)C(C)C. The predicted octanol–water partition coefficient (Wildman–Crippen LogP) is -0.158. The Labute approximate surface area is 160 Å². The van der Waals surface area contributed by atoms with E-state index in [9.17, 15) is 24.3 Å². The van der Waals surface area contributed by atoms with E-state index in [1.54, 1.807) is 27.7 Å². The summed E-state index contributed by atoms with van der Waals surface area (Å²) < 4.78 is 0. The fourth-order valence-corrected chi connectivity index (χ4v) is 2.50. The average Bonchev–Trinajstić information content (AvgIpc) is 2.54. The average molecular weight is 386 g/mol. The van der Waals surface area contributed by atoms with Crippen LogP contribution in [0.15, 0.2) is 0 Å². The molecule has 156 valence electrons. The van der Waals surface area contributed by atoms with Crippen molar-refractivity contribution in [2.24, 2.45) is 23.5 Å². The van der Waals surface area contributed by atoms with Crippen LogP contribution in [-0.2, 0) is 19.2 Å². The lowest BCUT2D eigenvalue weighted by molar-refractivity contribution is -0.143. The van der Waals surface area contributed by atoms with Crippen molar-refractivity contribution in [1.29, 1.82) is 0 Å². The van der Waals surface area contributed by atoms with Crippen LogP contribution >= 0.6 is 0 Å². The van der Waals surface area contributed by atoms with E-state index in [1.165, 1.54) is 0 Å². The van der Waals surface area contributed by atoms with Gasteiger partial charge in [-0.2, -0.15) is 0 Å². The molecule has 6 N–H and O–H groups in total. The summed E-state index contributed by atoms with van der Waals surface area (Å²) in [5.41, 5.74) is 5.28. The van der Waals surface area contributed by atoms with Gasteiger partial charge in [0, 0.05) is 0 Å². The lowest BCUT2D eigenvalue weighted by Crippen LogP contribution is -2.58. The van der Waals surface area contributed by atoms with Gasteiger partial charge in [-0.3, -0.25) is 14.4 Å². The molecule has 0 radical (unpaired) electrons. The summed E-state index contributed by atoms with van der Waals surface area (Å²) in [4.78, 5) is 48.1. The molecule has 0 rings (SSSR count). The van der Waals surface area contributed by atoms with E-state index in [4.69, 9.17) is 5.73 Å². The van der Waals surface area contributed by atoms with Crippen molar-refractivity contribution in [1.82, 2.24) is 16.0 Å². The van der Waals surface area contributed by atoms with Crippen LogP contribution < -0.4 is 21.7 Å². The molecule has 27 heavy (non-hydrogen) atoms. The summed E-state index contributed by atoms with van der Waals surface area (Å²) in [6.45, 7) is 10.4. The molecule has 0 fully saturated rings. The molecule has 0 aliphatic carbocycles. The normalized spacial score (nSPS) is 14.6. The van der Waals surface area contributed by atoms with Crippen molar-refractivity contribution >= 4 is 23.7 Å². The van der Waals surface area contributed by atoms with E-state index in [-0.39, 0.29) is 24.3 Å². The third kappa shape index (κ3) is 8.85. The molecule has 0 aliphatic heterocycles. The monoisotopic (exact) mass is 386 g/mol. The number of hydrogen-bond acceptors (Lipinski definition) is 5. The minimum atomic E-state index is -1.14. The summed E-state index contributed by atoms with van der Waals surface area (Å²) >= 11 is 0. The second-order valence-corrected chi connectivity index (χ2v) is 7.75. The molecule has 3 atom stereocenters. The van der Waals surface area contributed by atoms with E-state index in [0.717, 1.165) is 0 Å². The maximum Gasteiger partial charge on any atom is 0.326 e.